The Morgan fingerprint density at radius 3 is 0.971 bits per heavy atom. The fraction of sp³-hybridized carbons (Fsp3) is 0.154. The van der Waals surface area contributed by atoms with Gasteiger partial charge in [0.15, 0.2) is 0 Å². The highest BCUT2D eigenvalue weighted by Crippen LogP contribution is 2.60. The van der Waals surface area contributed by atoms with Crippen LogP contribution in [-0.2, 0) is 0 Å². The van der Waals surface area contributed by atoms with Gasteiger partial charge in [-0.15, -0.1) is 0 Å². The summed E-state index contributed by atoms with van der Waals surface area (Å²) in [5, 5.41) is 39.9. The lowest BCUT2D eigenvalue weighted by molar-refractivity contribution is 0.0676. The molecule has 0 amide bonds. The molecule has 0 saturated heterocycles. The molecule has 0 fully saturated rings. The maximum Gasteiger partial charge on any atom is 0.336 e. The van der Waals surface area contributed by atoms with Crippen LogP contribution in [0.4, 0.5) is 0 Å². The summed E-state index contributed by atoms with van der Waals surface area (Å²) in [6.07, 6.45) is 0. The van der Waals surface area contributed by atoms with Crippen LogP contribution in [0.3, 0.4) is 0 Å². The van der Waals surface area contributed by atoms with Crippen LogP contribution in [0.2, 0.25) is 0 Å². The Hall–Kier alpha value is -4.46. The number of hydrogen-bond acceptors (Lipinski definition) is 4. The van der Waals surface area contributed by atoms with Crippen molar-refractivity contribution in [2.75, 3.05) is 0 Å². The van der Waals surface area contributed by atoms with Crippen LogP contribution >= 0.6 is 0 Å². The second-order valence-electron chi connectivity index (χ2n) is 8.59. The van der Waals surface area contributed by atoms with Crippen LogP contribution in [0.25, 0.3) is 0 Å². The van der Waals surface area contributed by atoms with Crippen LogP contribution in [0.5, 0.6) is 0 Å². The van der Waals surface area contributed by atoms with Crippen LogP contribution in [0, 0.1) is 13.8 Å². The first kappa shape index (κ1) is 21.4. The number of carboxylic acid groups (broad SMARTS) is 4. The summed E-state index contributed by atoms with van der Waals surface area (Å²) in [6.45, 7) is 3.50. The molecule has 0 heterocycles. The maximum atomic E-state index is 12.2. The summed E-state index contributed by atoms with van der Waals surface area (Å²) < 4.78 is 0. The normalized spacial score (nSPS) is 16.9. The molecule has 8 nitrogen and oxygen atoms in total. The fourth-order valence-corrected chi connectivity index (χ4v) is 5.75. The lowest BCUT2D eigenvalue weighted by Crippen LogP contribution is -2.35. The third-order valence-electron chi connectivity index (χ3n) is 6.95. The largest absolute Gasteiger partial charge is 0.478 e. The molecule has 3 aliphatic rings. The van der Waals surface area contributed by atoms with Crippen molar-refractivity contribution in [3.05, 3.63) is 103 Å². The molecular formula is C26H18O8. The molecule has 8 heteroatoms. The maximum absolute atomic E-state index is 12.2. The molecule has 0 aromatic heterocycles. The summed E-state index contributed by atoms with van der Waals surface area (Å²) in [6, 6.07) is 8.57. The molecule has 170 valence electrons. The van der Waals surface area contributed by atoms with Crippen molar-refractivity contribution in [1.29, 1.82) is 0 Å². The van der Waals surface area contributed by atoms with Crippen LogP contribution in [-0.4, -0.2) is 44.3 Å². The highest BCUT2D eigenvalue weighted by molar-refractivity contribution is 6.01. The Labute approximate surface area is 192 Å². The number of aromatic carboxylic acids is 4. The van der Waals surface area contributed by atoms with Crippen molar-refractivity contribution >= 4 is 23.9 Å². The lowest BCUT2D eigenvalue weighted by Gasteiger charge is -2.45. The minimum Gasteiger partial charge on any atom is -0.478 e. The zero-order valence-corrected chi connectivity index (χ0v) is 18.0. The summed E-state index contributed by atoms with van der Waals surface area (Å²) in [5.74, 6) is -6.85. The monoisotopic (exact) mass is 458 g/mol. The van der Waals surface area contributed by atoms with E-state index in [0.29, 0.717) is 33.4 Å². The first-order chi connectivity index (χ1) is 16.1. The molecule has 4 N–H and O–H groups in total. The van der Waals surface area contributed by atoms with Gasteiger partial charge in [-0.1, -0.05) is 12.1 Å². The summed E-state index contributed by atoms with van der Waals surface area (Å²) in [4.78, 5) is 49.0. The van der Waals surface area contributed by atoms with Crippen molar-refractivity contribution in [2.24, 2.45) is 0 Å². The Balaban J connectivity index is 2.07. The van der Waals surface area contributed by atoms with E-state index in [1.807, 2.05) is 0 Å². The van der Waals surface area contributed by atoms with E-state index in [-0.39, 0.29) is 33.4 Å². The van der Waals surface area contributed by atoms with Gasteiger partial charge in [0.2, 0.25) is 0 Å². The number of benzene rings is 3. The molecular weight excluding hydrogens is 440 g/mol. The van der Waals surface area contributed by atoms with E-state index in [1.165, 1.54) is 24.3 Å². The number of hydrogen-bond donors (Lipinski definition) is 4. The third-order valence-corrected chi connectivity index (χ3v) is 6.95. The van der Waals surface area contributed by atoms with Crippen molar-refractivity contribution in [3.63, 3.8) is 0 Å². The predicted molar refractivity (Wildman–Crippen MR) is 119 cm³/mol. The van der Waals surface area contributed by atoms with Gasteiger partial charge in [0, 0.05) is 11.8 Å². The number of aryl methyl sites for hydroxylation is 2. The number of rotatable bonds is 4. The third kappa shape index (κ3) is 2.59. The van der Waals surface area contributed by atoms with Crippen LogP contribution < -0.4 is 0 Å². The molecule has 0 saturated carbocycles. The second kappa shape index (κ2) is 7.02. The van der Waals surface area contributed by atoms with Gasteiger partial charge in [-0.2, -0.15) is 0 Å². The Bertz CT molecular complexity index is 1380. The van der Waals surface area contributed by atoms with E-state index in [4.69, 9.17) is 0 Å². The number of carboxylic acids is 4. The highest BCUT2D eigenvalue weighted by atomic mass is 16.4. The second-order valence-corrected chi connectivity index (χ2v) is 8.59. The Morgan fingerprint density at radius 1 is 0.471 bits per heavy atom. The van der Waals surface area contributed by atoms with Gasteiger partial charge in [0.05, 0.1) is 22.3 Å². The predicted octanol–water partition coefficient (Wildman–Crippen LogP) is 4.08. The molecule has 6 rings (SSSR count). The molecule has 34 heavy (non-hydrogen) atoms. The Morgan fingerprint density at radius 2 is 0.706 bits per heavy atom. The van der Waals surface area contributed by atoms with Gasteiger partial charge in [-0.25, -0.2) is 19.2 Å². The van der Waals surface area contributed by atoms with Crippen molar-refractivity contribution in [2.45, 2.75) is 25.7 Å². The van der Waals surface area contributed by atoms with E-state index < -0.39 is 35.7 Å². The molecule has 0 radical (unpaired) electrons. The topological polar surface area (TPSA) is 149 Å². The quantitative estimate of drug-likeness (QED) is 0.315. The average molecular weight is 458 g/mol. The van der Waals surface area contributed by atoms with E-state index in [9.17, 15) is 39.6 Å². The van der Waals surface area contributed by atoms with E-state index >= 15 is 0 Å². The molecule has 2 unspecified atom stereocenters. The van der Waals surface area contributed by atoms with Crippen molar-refractivity contribution in [1.82, 2.24) is 0 Å². The zero-order chi connectivity index (χ0) is 24.6. The standard InChI is InChI=1S/C26H18O8/c1-9-3-5-11(23(27)28)17-15(9)21-18-12(24(29)30)6-4-10(2)16(18)22(17)20-14(26(33)34)8-7-13(19(20)21)25(31)32/h3-8,21-22H,1-2H3,(H,27,28)(H,29,30)(H,31,32)(H,33,34). The molecule has 3 aliphatic carbocycles. The molecule has 2 bridgehead atoms. The van der Waals surface area contributed by atoms with Gasteiger partial charge >= 0.3 is 23.9 Å². The zero-order valence-electron chi connectivity index (χ0n) is 18.0. The van der Waals surface area contributed by atoms with Crippen molar-refractivity contribution < 1.29 is 39.6 Å². The minimum atomic E-state index is -1.28. The fourth-order valence-electron chi connectivity index (χ4n) is 5.75. The average Bonchev–Trinajstić information content (AvgIpc) is 2.77. The van der Waals surface area contributed by atoms with Gasteiger partial charge < -0.3 is 20.4 Å². The summed E-state index contributed by atoms with van der Waals surface area (Å²) in [5.41, 5.74) is 3.23. The molecule has 2 atom stereocenters. The number of carbonyl (C=O) groups is 4. The first-order valence-electron chi connectivity index (χ1n) is 10.4. The van der Waals surface area contributed by atoms with Gasteiger partial charge in [0.1, 0.15) is 0 Å². The summed E-state index contributed by atoms with van der Waals surface area (Å²) >= 11 is 0. The minimum absolute atomic E-state index is 0.0240. The first-order valence-corrected chi connectivity index (χ1v) is 10.4. The SMILES string of the molecule is Cc1ccc(C(=O)O)c2c1C1c3c(C(=O)O)ccc(C)c3C2c2c(C(=O)O)ccc(C(=O)O)c21. The van der Waals surface area contributed by atoms with Gasteiger partial charge in [-0.05, 0) is 82.6 Å². The van der Waals surface area contributed by atoms with E-state index in [2.05, 4.69) is 0 Å². The molecule has 3 aromatic carbocycles. The van der Waals surface area contributed by atoms with Crippen molar-refractivity contribution in [3.8, 4) is 0 Å². The van der Waals surface area contributed by atoms with E-state index in [1.54, 1.807) is 26.0 Å². The van der Waals surface area contributed by atoms with Gasteiger partial charge in [0.25, 0.3) is 0 Å². The smallest absolute Gasteiger partial charge is 0.336 e. The van der Waals surface area contributed by atoms with Crippen LogP contribution in [0.15, 0.2) is 36.4 Å². The van der Waals surface area contributed by atoms with Gasteiger partial charge in [-0.3, -0.25) is 0 Å². The van der Waals surface area contributed by atoms with E-state index in [0.717, 1.165) is 0 Å². The Kier molecular flexibility index (Phi) is 4.41. The summed E-state index contributed by atoms with van der Waals surface area (Å²) in [7, 11) is 0. The molecule has 3 aromatic rings. The highest BCUT2D eigenvalue weighted by Gasteiger charge is 2.49. The lowest BCUT2D eigenvalue weighted by atomic mass is 9.56. The van der Waals surface area contributed by atoms with Crippen LogP contribution in [0.1, 0.15) is 97.8 Å². The molecule has 0 aliphatic heterocycles. The molecule has 0 spiro atoms.